The highest BCUT2D eigenvalue weighted by Gasteiger charge is 2.06. The summed E-state index contributed by atoms with van der Waals surface area (Å²) in [7, 11) is 0. The normalized spacial score (nSPS) is 11.1. The van der Waals surface area contributed by atoms with Crippen molar-refractivity contribution in [3.63, 3.8) is 0 Å². The Hall–Kier alpha value is -1.38. The number of hydrogen-bond acceptors (Lipinski definition) is 3. The quantitative estimate of drug-likeness (QED) is 0.384. The minimum absolute atomic E-state index is 0.164. The van der Waals surface area contributed by atoms with E-state index in [1.54, 1.807) is 12.2 Å². The molecule has 0 bridgehead atoms. The van der Waals surface area contributed by atoms with E-state index in [1.165, 1.54) is 0 Å². The molecule has 0 aliphatic heterocycles. The molecule has 0 atom stereocenters. The minimum Gasteiger partial charge on any atom is -0.393 e. The number of hydrogen-bond donors (Lipinski definition) is 0. The zero-order chi connectivity index (χ0) is 11.5. The number of carbonyl (C=O) groups excluding carboxylic acids is 2. The first-order valence-electron chi connectivity index (χ1n) is 5.24. The molecule has 3 heteroatoms. The number of allylic oxidation sites excluding steroid dienone is 2. The van der Waals surface area contributed by atoms with E-state index >= 15 is 0 Å². The van der Waals surface area contributed by atoms with E-state index in [1.807, 2.05) is 26.0 Å². The number of esters is 2. The van der Waals surface area contributed by atoms with Crippen LogP contribution in [0, 0.1) is 0 Å². The van der Waals surface area contributed by atoms with Crippen LogP contribution in [-0.2, 0) is 14.3 Å². The van der Waals surface area contributed by atoms with Crippen molar-refractivity contribution in [1.29, 1.82) is 0 Å². The van der Waals surface area contributed by atoms with Gasteiger partial charge in [-0.05, 0) is 12.8 Å². The van der Waals surface area contributed by atoms with E-state index in [0.29, 0.717) is 0 Å². The average molecular weight is 210 g/mol. The molecule has 0 N–H and O–H groups in total. The molecule has 0 fully saturated rings. The van der Waals surface area contributed by atoms with Crippen LogP contribution in [0.5, 0.6) is 0 Å². The maximum Gasteiger partial charge on any atom is 0.317 e. The third kappa shape index (κ3) is 8.94. The summed E-state index contributed by atoms with van der Waals surface area (Å²) in [5.41, 5.74) is 0. The predicted molar refractivity (Wildman–Crippen MR) is 59.2 cm³/mol. The molecule has 0 aromatic rings. The second-order valence-corrected chi connectivity index (χ2v) is 3.01. The van der Waals surface area contributed by atoms with Crippen LogP contribution >= 0.6 is 0 Å². The smallest absolute Gasteiger partial charge is 0.317 e. The molecule has 0 aromatic heterocycles. The molecule has 0 saturated carbocycles. The van der Waals surface area contributed by atoms with E-state index < -0.39 is 11.9 Å². The third-order valence-electron chi connectivity index (χ3n) is 1.60. The van der Waals surface area contributed by atoms with E-state index in [9.17, 15) is 9.59 Å². The van der Waals surface area contributed by atoms with Gasteiger partial charge in [0.25, 0.3) is 0 Å². The molecule has 0 aliphatic rings. The van der Waals surface area contributed by atoms with Crippen LogP contribution in [0.4, 0.5) is 0 Å². The molecule has 3 nitrogen and oxygen atoms in total. The molecule has 0 aliphatic carbocycles. The SMILES string of the molecule is CCC=CCC(=O)OC(=O)C/C=C/CC. The summed E-state index contributed by atoms with van der Waals surface area (Å²) in [4.78, 5) is 22.1. The van der Waals surface area contributed by atoms with Crippen LogP contribution in [0.1, 0.15) is 39.5 Å². The number of carbonyl (C=O) groups is 2. The fourth-order valence-electron chi connectivity index (χ4n) is 0.903. The maximum atomic E-state index is 11.0. The van der Waals surface area contributed by atoms with Gasteiger partial charge in [0, 0.05) is 0 Å². The summed E-state index contributed by atoms with van der Waals surface area (Å²) in [6, 6.07) is 0. The Kier molecular flexibility index (Phi) is 8.34. The van der Waals surface area contributed by atoms with E-state index in [2.05, 4.69) is 4.74 Å². The molecule has 15 heavy (non-hydrogen) atoms. The lowest BCUT2D eigenvalue weighted by atomic mass is 10.3. The second-order valence-electron chi connectivity index (χ2n) is 3.01. The highest BCUT2D eigenvalue weighted by Crippen LogP contribution is 1.95. The Labute approximate surface area is 90.8 Å². The van der Waals surface area contributed by atoms with Crippen molar-refractivity contribution < 1.29 is 14.3 Å². The molecule has 0 aromatic carbocycles. The summed E-state index contributed by atoms with van der Waals surface area (Å²) in [5, 5.41) is 0. The van der Waals surface area contributed by atoms with Crippen LogP contribution in [0.25, 0.3) is 0 Å². The molecule has 0 heterocycles. The molecule has 0 rings (SSSR count). The fraction of sp³-hybridized carbons (Fsp3) is 0.500. The Morgan fingerprint density at radius 1 is 0.867 bits per heavy atom. The molecule has 0 radical (unpaired) electrons. The van der Waals surface area contributed by atoms with E-state index in [4.69, 9.17) is 0 Å². The van der Waals surface area contributed by atoms with Crippen LogP contribution in [-0.4, -0.2) is 11.9 Å². The summed E-state index contributed by atoms with van der Waals surface area (Å²) < 4.78 is 4.56. The van der Waals surface area contributed by atoms with Gasteiger partial charge in [-0.1, -0.05) is 38.2 Å². The van der Waals surface area contributed by atoms with Crippen molar-refractivity contribution >= 4 is 11.9 Å². The molecule has 0 unspecified atom stereocenters. The molecular weight excluding hydrogens is 192 g/mol. The lowest BCUT2D eigenvalue weighted by Crippen LogP contribution is -2.10. The van der Waals surface area contributed by atoms with Crippen molar-refractivity contribution in [2.75, 3.05) is 0 Å². The van der Waals surface area contributed by atoms with Crippen LogP contribution in [0.15, 0.2) is 24.3 Å². The molecule has 0 spiro atoms. The van der Waals surface area contributed by atoms with E-state index in [0.717, 1.165) is 12.8 Å². The van der Waals surface area contributed by atoms with Gasteiger partial charge in [0.05, 0.1) is 12.8 Å². The topological polar surface area (TPSA) is 43.4 Å². The summed E-state index contributed by atoms with van der Waals surface area (Å²) >= 11 is 0. The number of ether oxygens (including phenoxy) is 1. The summed E-state index contributed by atoms with van der Waals surface area (Å²) in [5.74, 6) is -0.982. The third-order valence-corrected chi connectivity index (χ3v) is 1.60. The summed E-state index contributed by atoms with van der Waals surface area (Å²) in [6.07, 6.45) is 9.22. The Morgan fingerprint density at radius 3 is 1.60 bits per heavy atom. The van der Waals surface area contributed by atoms with Crippen molar-refractivity contribution in [2.24, 2.45) is 0 Å². The fourth-order valence-corrected chi connectivity index (χ4v) is 0.903. The molecular formula is C12H18O3. The highest BCUT2D eigenvalue weighted by molar-refractivity contribution is 5.86. The van der Waals surface area contributed by atoms with Gasteiger partial charge in [-0.25, -0.2) is 0 Å². The van der Waals surface area contributed by atoms with Crippen molar-refractivity contribution in [1.82, 2.24) is 0 Å². The minimum atomic E-state index is -0.491. The average Bonchev–Trinajstić information content (AvgIpc) is 2.18. The lowest BCUT2D eigenvalue weighted by Gasteiger charge is -1.97. The standard InChI is InChI=1S/C12H18O3/c1-3-5-7-9-11(13)15-12(14)10-8-6-4-2/h5-8H,3-4,9-10H2,1-2H3/b7-5+,8-6?. The first kappa shape index (κ1) is 13.6. The zero-order valence-corrected chi connectivity index (χ0v) is 9.36. The lowest BCUT2D eigenvalue weighted by molar-refractivity contribution is -0.158. The molecule has 0 amide bonds. The Bertz CT molecular complexity index is 226. The van der Waals surface area contributed by atoms with Crippen LogP contribution in [0.3, 0.4) is 0 Å². The highest BCUT2D eigenvalue weighted by atomic mass is 16.6. The van der Waals surface area contributed by atoms with Gasteiger partial charge in [0.15, 0.2) is 0 Å². The van der Waals surface area contributed by atoms with Gasteiger partial charge in [0.2, 0.25) is 0 Å². The Balaban J connectivity index is 3.71. The van der Waals surface area contributed by atoms with Crippen molar-refractivity contribution in [3.05, 3.63) is 24.3 Å². The van der Waals surface area contributed by atoms with Gasteiger partial charge in [0.1, 0.15) is 0 Å². The molecule has 84 valence electrons. The van der Waals surface area contributed by atoms with Gasteiger partial charge < -0.3 is 4.74 Å². The number of rotatable bonds is 6. The first-order chi connectivity index (χ1) is 7.20. The monoisotopic (exact) mass is 210 g/mol. The summed E-state index contributed by atoms with van der Waals surface area (Å²) in [6.45, 7) is 3.95. The molecule has 0 saturated heterocycles. The van der Waals surface area contributed by atoms with Gasteiger partial charge in [-0.15, -0.1) is 0 Å². The van der Waals surface area contributed by atoms with Crippen LogP contribution in [0.2, 0.25) is 0 Å². The van der Waals surface area contributed by atoms with Gasteiger partial charge in [-0.2, -0.15) is 0 Å². The van der Waals surface area contributed by atoms with Crippen molar-refractivity contribution in [2.45, 2.75) is 39.5 Å². The van der Waals surface area contributed by atoms with E-state index in [-0.39, 0.29) is 12.8 Å². The maximum absolute atomic E-state index is 11.0. The first-order valence-corrected chi connectivity index (χ1v) is 5.24. The van der Waals surface area contributed by atoms with Gasteiger partial charge >= 0.3 is 11.9 Å². The van der Waals surface area contributed by atoms with Crippen LogP contribution < -0.4 is 0 Å². The Morgan fingerprint density at radius 2 is 1.27 bits per heavy atom. The largest absolute Gasteiger partial charge is 0.393 e. The predicted octanol–water partition coefficient (Wildman–Crippen LogP) is 2.77. The van der Waals surface area contributed by atoms with Gasteiger partial charge in [-0.3, -0.25) is 9.59 Å². The second kappa shape index (κ2) is 9.19. The van der Waals surface area contributed by atoms with Crippen molar-refractivity contribution in [3.8, 4) is 0 Å². The zero-order valence-electron chi connectivity index (χ0n) is 9.36.